The number of ether oxygens (including phenoxy) is 1. The summed E-state index contributed by atoms with van der Waals surface area (Å²) in [5.41, 5.74) is 2.31. The van der Waals surface area contributed by atoms with Crippen LogP contribution in [-0.4, -0.2) is 36.2 Å². The summed E-state index contributed by atoms with van der Waals surface area (Å²) in [6, 6.07) is 5.25. The van der Waals surface area contributed by atoms with E-state index in [4.69, 9.17) is 16.3 Å². The van der Waals surface area contributed by atoms with Crippen LogP contribution in [0.5, 0.6) is 0 Å². The summed E-state index contributed by atoms with van der Waals surface area (Å²) in [6.45, 7) is 4.40. The second-order valence-electron chi connectivity index (χ2n) is 3.94. The standard InChI is InChI=1S/C13H18ClNO3/c1-3-18-13(17)10-4-5-12(9(2)6-10)15-8-11(16)7-14/h4-6,11,15-16H,3,7-8H2,1-2H3. The minimum atomic E-state index is -0.587. The monoisotopic (exact) mass is 271 g/mol. The first-order valence-corrected chi connectivity index (χ1v) is 6.37. The zero-order chi connectivity index (χ0) is 13.5. The van der Waals surface area contributed by atoms with Gasteiger partial charge in [-0.05, 0) is 37.6 Å². The summed E-state index contributed by atoms with van der Waals surface area (Å²) in [4.78, 5) is 11.5. The van der Waals surface area contributed by atoms with Crippen molar-refractivity contribution in [3.8, 4) is 0 Å². The fraction of sp³-hybridized carbons (Fsp3) is 0.462. The number of halogens is 1. The number of carbonyl (C=O) groups excluding carboxylic acids is 1. The molecule has 18 heavy (non-hydrogen) atoms. The van der Waals surface area contributed by atoms with E-state index >= 15 is 0 Å². The van der Waals surface area contributed by atoms with Crippen molar-refractivity contribution < 1.29 is 14.6 Å². The molecule has 1 aromatic rings. The summed E-state index contributed by atoms with van der Waals surface area (Å²) in [7, 11) is 0. The van der Waals surface area contributed by atoms with Crippen LogP contribution in [0.2, 0.25) is 0 Å². The molecule has 2 N–H and O–H groups in total. The quantitative estimate of drug-likeness (QED) is 0.615. The zero-order valence-corrected chi connectivity index (χ0v) is 11.3. The molecule has 5 heteroatoms. The van der Waals surface area contributed by atoms with Crippen molar-refractivity contribution in [2.75, 3.05) is 24.3 Å². The number of rotatable bonds is 6. The largest absolute Gasteiger partial charge is 0.462 e. The lowest BCUT2D eigenvalue weighted by Crippen LogP contribution is -2.21. The lowest BCUT2D eigenvalue weighted by Gasteiger charge is -2.13. The van der Waals surface area contributed by atoms with Gasteiger partial charge in [0.15, 0.2) is 0 Å². The second kappa shape index (κ2) is 7.24. The van der Waals surface area contributed by atoms with Gasteiger partial charge in [-0.15, -0.1) is 11.6 Å². The highest BCUT2D eigenvalue weighted by molar-refractivity contribution is 6.18. The highest BCUT2D eigenvalue weighted by Gasteiger charge is 2.09. The van der Waals surface area contributed by atoms with Crippen molar-refractivity contribution in [3.63, 3.8) is 0 Å². The van der Waals surface area contributed by atoms with E-state index < -0.39 is 6.10 Å². The predicted octanol–water partition coefficient (Wildman–Crippen LogP) is 2.18. The number of carbonyl (C=O) groups is 1. The molecule has 0 fully saturated rings. The molecule has 4 nitrogen and oxygen atoms in total. The fourth-order valence-electron chi connectivity index (χ4n) is 1.49. The van der Waals surface area contributed by atoms with E-state index in [0.29, 0.717) is 18.7 Å². The number of anilines is 1. The molecule has 0 radical (unpaired) electrons. The maximum absolute atomic E-state index is 11.5. The molecular weight excluding hydrogens is 254 g/mol. The molecule has 1 unspecified atom stereocenters. The normalized spacial score (nSPS) is 12.0. The number of benzene rings is 1. The number of nitrogens with one attached hydrogen (secondary N) is 1. The summed E-state index contributed by atoms with van der Waals surface area (Å²) in [5, 5.41) is 12.4. The second-order valence-corrected chi connectivity index (χ2v) is 4.25. The Bertz CT molecular complexity index is 409. The predicted molar refractivity (Wildman–Crippen MR) is 72.4 cm³/mol. The molecule has 100 valence electrons. The molecule has 1 atom stereocenters. The van der Waals surface area contributed by atoms with Crippen LogP contribution in [0.25, 0.3) is 0 Å². The number of aliphatic hydroxyl groups excluding tert-OH is 1. The first-order valence-electron chi connectivity index (χ1n) is 5.84. The van der Waals surface area contributed by atoms with Crippen LogP contribution in [0, 0.1) is 6.92 Å². The van der Waals surface area contributed by atoms with Gasteiger partial charge < -0.3 is 15.2 Å². The van der Waals surface area contributed by atoms with Gasteiger partial charge in [0.1, 0.15) is 0 Å². The summed E-state index contributed by atoms with van der Waals surface area (Å²) in [5.74, 6) is -0.139. The summed E-state index contributed by atoms with van der Waals surface area (Å²) >= 11 is 5.51. The number of esters is 1. The Balaban J connectivity index is 2.70. The van der Waals surface area contributed by atoms with Crippen molar-refractivity contribution in [2.24, 2.45) is 0 Å². The molecule has 1 aromatic carbocycles. The van der Waals surface area contributed by atoms with Crippen LogP contribution in [0.4, 0.5) is 5.69 Å². The third kappa shape index (κ3) is 4.20. The molecule has 1 rings (SSSR count). The SMILES string of the molecule is CCOC(=O)c1ccc(NCC(O)CCl)c(C)c1. The van der Waals surface area contributed by atoms with Gasteiger partial charge in [0.05, 0.1) is 24.2 Å². The van der Waals surface area contributed by atoms with Gasteiger partial charge in [0.25, 0.3) is 0 Å². The van der Waals surface area contributed by atoms with Crippen LogP contribution >= 0.6 is 11.6 Å². The number of aryl methyl sites for hydroxylation is 1. The maximum atomic E-state index is 11.5. The molecule has 0 saturated heterocycles. The van der Waals surface area contributed by atoms with E-state index in [1.165, 1.54) is 0 Å². The Kier molecular flexibility index (Phi) is 5.95. The topological polar surface area (TPSA) is 58.6 Å². The van der Waals surface area contributed by atoms with E-state index in [1.807, 2.05) is 6.92 Å². The molecule has 0 saturated carbocycles. The molecular formula is C13H18ClNO3. The highest BCUT2D eigenvalue weighted by Crippen LogP contribution is 2.17. The van der Waals surface area contributed by atoms with Gasteiger partial charge in [0, 0.05) is 12.2 Å². The Morgan fingerprint density at radius 2 is 2.28 bits per heavy atom. The van der Waals surface area contributed by atoms with E-state index in [-0.39, 0.29) is 11.8 Å². The van der Waals surface area contributed by atoms with Gasteiger partial charge in [0.2, 0.25) is 0 Å². The number of hydrogen-bond donors (Lipinski definition) is 2. The summed E-state index contributed by atoms with van der Waals surface area (Å²) in [6.07, 6.45) is -0.587. The molecule has 0 aromatic heterocycles. The average molecular weight is 272 g/mol. The van der Waals surface area contributed by atoms with Crippen molar-refractivity contribution in [1.82, 2.24) is 0 Å². The Hall–Kier alpha value is -1.26. The lowest BCUT2D eigenvalue weighted by atomic mass is 10.1. The van der Waals surface area contributed by atoms with E-state index in [1.54, 1.807) is 25.1 Å². The minimum absolute atomic E-state index is 0.187. The lowest BCUT2D eigenvalue weighted by molar-refractivity contribution is 0.0526. The Morgan fingerprint density at radius 1 is 1.56 bits per heavy atom. The molecule has 0 aliphatic rings. The van der Waals surface area contributed by atoms with Crippen molar-refractivity contribution >= 4 is 23.3 Å². The zero-order valence-electron chi connectivity index (χ0n) is 10.6. The van der Waals surface area contributed by atoms with Crippen molar-refractivity contribution in [1.29, 1.82) is 0 Å². The van der Waals surface area contributed by atoms with E-state index in [0.717, 1.165) is 11.3 Å². The Morgan fingerprint density at radius 3 is 2.83 bits per heavy atom. The molecule has 0 amide bonds. The van der Waals surface area contributed by atoms with Gasteiger partial charge in [-0.3, -0.25) is 0 Å². The van der Waals surface area contributed by atoms with Crippen molar-refractivity contribution in [2.45, 2.75) is 20.0 Å². The smallest absolute Gasteiger partial charge is 0.338 e. The third-order valence-electron chi connectivity index (χ3n) is 2.44. The maximum Gasteiger partial charge on any atom is 0.338 e. The van der Waals surface area contributed by atoms with Gasteiger partial charge in [-0.1, -0.05) is 0 Å². The van der Waals surface area contributed by atoms with Crippen LogP contribution in [0.3, 0.4) is 0 Å². The van der Waals surface area contributed by atoms with E-state index in [9.17, 15) is 9.90 Å². The van der Waals surface area contributed by atoms with Crippen LogP contribution < -0.4 is 5.32 Å². The first-order chi connectivity index (χ1) is 8.58. The number of alkyl halides is 1. The molecule has 0 heterocycles. The minimum Gasteiger partial charge on any atom is -0.462 e. The molecule has 0 spiro atoms. The van der Waals surface area contributed by atoms with Crippen molar-refractivity contribution in [3.05, 3.63) is 29.3 Å². The highest BCUT2D eigenvalue weighted by atomic mass is 35.5. The molecule has 0 bridgehead atoms. The van der Waals surface area contributed by atoms with Crippen LogP contribution in [-0.2, 0) is 4.74 Å². The van der Waals surface area contributed by atoms with Gasteiger partial charge in [-0.2, -0.15) is 0 Å². The fourth-order valence-corrected chi connectivity index (χ4v) is 1.59. The van der Waals surface area contributed by atoms with Gasteiger partial charge in [-0.25, -0.2) is 4.79 Å². The number of hydrogen-bond acceptors (Lipinski definition) is 4. The molecule has 0 aliphatic heterocycles. The summed E-state index contributed by atoms with van der Waals surface area (Å²) < 4.78 is 4.92. The van der Waals surface area contributed by atoms with E-state index in [2.05, 4.69) is 5.32 Å². The Labute approximate surface area is 112 Å². The first kappa shape index (κ1) is 14.8. The third-order valence-corrected chi connectivity index (χ3v) is 2.80. The average Bonchev–Trinajstić information content (AvgIpc) is 2.37. The number of aliphatic hydroxyl groups is 1. The molecule has 0 aliphatic carbocycles. The van der Waals surface area contributed by atoms with Crippen LogP contribution in [0.1, 0.15) is 22.8 Å². The van der Waals surface area contributed by atoms with Crippen LogP contribution in [0.15, 0.2) is 18.2 Å². The van der Waals surface area contributed by atoms with Gasteiger partial charge >= 0.3 is 5.97 Å².